The number of hydrogen-bond acceptors (Lipinski definition) is 4. The second-order valence-electron chi connectivity index (χ2n) is 7.51. The van der Waals surface area contributed by atoms with Gasteiger partial charge in [0.05, 0.1) is 10.2 Å². The Morgan fingerprint density at radius 3 is 2.47 bits per heavy atom. The highest BCUT2D eigenvalue weighted by Crippen LogP contribution is 2.31. The van der Waals surface area contributed by atoms with Gasteiger partial charge in [0.25, 0.3) is 5.91 Å². The summed E-state index contributed by atoms with van der Waals surface area (Å²) in [6.45, 7) is 6.03. The highest BCUT2D eigenvalue weighted by Gasteiger charge is 2.18. The lowest BCUT2D eigenvalue weighted by Gasteiger charge is -2.05. The summed E-state index contributed by atoms with van der Waals surface area (Å²) in [5, 5.41) is 4.89. The van der Waals surface area contributed by atoms with E-state index in [1.54, 1.807) is 11.3 Å². The number of benzene rings is 3. The second-order valence-corrected chi connectivity index (χ2v) is 8.54. The smallest absolute Gasteiger partial charge is 0.291 e. The quantitative estimate of drug-likeness (QED) is 0.351. The molecule has 0 aliphatic heterocycles. The van der Waals surface area contributed by atoms with E-state index in [-0.39, 0.29) is 5.91 Å². The maximum absolute atomic E-state index is 12.8. The molecule has 0 spiro atoms. The van der Waals surface area contributed by atoms with Crippen LogP contribution >= 0.6 is 11.3 Å². The van der Waals surface area contributed by atoms with E-state index in [0.717, 1.165) is 48.6 Å². The number of fused-ring (bicyclic) bond motifs is 2. The monoisotopic (exact) mass is 412 g/mol. The predicted octanol–water partition coefficient (Wildman–Crippen LogP) is 6.89. The summed E-state index contributed by atoms with van der Waals surface area (Å²) in [5.41, 5.74) is 6.68. The second kappa shape index (κ2) is 7.11. The number of para-hydroxylation sites is 1. The van der Waals surface area contributed by atoms with Gasteiger partial charge in [-0.25, -0.2) is 4.98 Å². The van der Waals surface area contributed by atoms with Crippen LogP contribution in [0.25, 0.3) is 31.8 Å². The Balaban J connectivity index is 1.40. The van der Waals surface area contributed by atoms with Crippen molar-refractivity contribution in [2.75, 3.05) is 5.32 Å². The minimum absolute atomic E-state index is 0.244. The third-order valence-corrected chi connectivity index (χ3v) is 6.53. The zero-order valence-electron chi connectivity index (χ0n) is 16.9. The molecular formula is C25H20N2O2S. The first kappa shape index (κ1) is 18.6. The third kappa shape index (κ3) is 3.17. The molecule has 0 saturated heterocycles. The Hall–Kier alpha value is -3.44. The Bertz CT molecular complexity index is 1380. The number of carbonyl (C=O) groups is 1. The molecule has 3 aromatic carbocycles. The minimum atomic E-state index is -0.244. The van der Waals surface area contributed by atoms with Gasteiger partial charge in [0.1, 0.15) is 10.6 Å². The molecule has 5 rings (SSSR count). The van der Waals surface area contributed by atoms with Gasteiger partial charge in [0.2, 0.25) is 0 Å². The fourth-order valence-electron chi connectivity index (χ4n) is 3.57. The highest BCUT2D eigenvalue weighted by molar-refractivity contribution is 7.21. The van der Waals surface area contributed by atoms with Crippen molar-refractivity contribution in [2.24, 2.45) is 0 Å². The first-order chi connectivity index (χ1) is 14.5. The van der Waals surface area contributed by atoms with E-state index in [0.29, 0.717) is 5.76 Å². The van der Waals surface area contributed by atoms with E-state index in [1.807, 2.05) is 62.4 Å². The molecule has 4 nitrogen and oxygen atoms in total. The van der Waals surface area contributed by atoms with Crippen molar-refractivity contribution in [3.05, 3.63) is 83.1 Å². The number of aromatic nitrogens is 1. The molecule has 5 heteroatoms. The number of aryl methyl sites for hydroxylation is 3. The van der Waals surface area contributed by atoms with Gasteiger partial charge in [-0.15, -0.1) is 11.3 Å². The molecule has 0 bridgehead atoms. The van der Waals surface area contributed by atoms with E-state index < -0.39 is 0 Å². The maximum Gasteiger partial charge on any atom is 0.291 e. The molecule has 0 atom stereocenters. The average molecular weight is 413 g/mol. The molecule has 0 saturated carbocycles. The summed E-state index contributed by atoms with van der Waals surface area (Å²) in [7, 11) is 0. The highest BCUT2D eigenvalue weighted by atomic mass is 32.1. The van der Waals surface area contributed by atoms with Crippen LogP contribution in [0.3, 0.4) is 0 Å². The van der Waals surface area contributed by atoms with Gasteiger partial charge in [-0.05, 0) is 80.4 Å². The van der Waals surface area contributed by atoms with Crippen LogP contribution in [0.15, 0.2) is 65.1 Å². The summed E-state index contributed by atoms with van der Waals surface area (Å²) in [6, 6.07) is 19.9. The van der Waals surface area contributed by atoms with E-state index >= 15 is 0 Å². The van der Waals surface area contributed by atoms with Crippen molar-refractivity contribution in [3.8, 4) is 10.6 Å². The molecule has 2 heterocycles. The summed E-state index contributed by atoms with van der Waals surface area (Å²) >= 11 is 1.66. The fraction of sp³-hybridized carbons (Fsp3) is 0.120. The SMILES string of the molecule is Cc1cc2oc(C(=O)Nc3ccc(-c4nc5ccccc5s4)cc3)c(C)c2cc1C. The number of rotatable bonds is 3. The molecule has 30 heavy (non-hydrogen) atoms. The van der Waals surface area contributed by atoms with Crippen LogP contribution in [0.5, 0.6) is 0 Å². The lowest BCUT2D eigenvalue weighted by atomic mass is 10.0. The van der Waals surface area contributed by atoms with Crippen molar-refractivity contribution in [2.45, 2.75) is 20.8 Å². The minimum Gasteiger partial charge on any atom is -0.451 e. The van der Waals surface area contributed by atoms with Crippen LogP contribution in [0.4, 0.5) is 5.69 Å². The molecule has 5 aromatic rings. The van der Waals surface area contributed by atoms with Crippen LogP contribution in [0.2, 0.25) is 0 Å². The van der Waals surface area contributed by atoms with E-state index in [9.17, 15) is 4.79 Å². The van der Waals surface area contributed by atoms with Crippen molar-refractivity contribution in [1.82, 2.24) is 4.98 Å². The largest absolute Gasteiger partial charge is 0.451 e. The number of hydrogen-bond donors (Lipinski definition) is 1. The molecular weight excluding hydrogens is 392 g/mol. The molecule has 1 amide bonds. The van der Waals surface area contributed by atoms with Gasteiger partial charge < -0.3 is 9.73 Å². The number of anilines is 1. The number of amides is 1. The van der Waals surface area contributed by atoms with Crippen molar-refractivity contribution in [3.63, 3.8) is 0 Å². The summed E-state index contributed by atoms with van der Waals surface area (Å²) in [6.07, 6.45) is 0. The Morgan fingerprint density at radius 1 is 0.967 bits per heavy atom. The van der Waals surface area contributed by atoms with Crippen LogP contribution < -0.4 is 5.32 Å². The fourth-order valence-corrected chi connectivity index (χ4v) is 4.54. The molecule has 0 aliphatic carbocycles. The molecule has 1 N–H and O–H groups in total. The third-order valence-electron chi connectivity index (χ3n) is 5.44. The summed E-state index contributed by atoms with van der Waals surface area (Å²) in [4.78, 5) is 17.5. The topological polar surface area (TPSA) is 55.1 Å². The number of thiazole rings is 1. The van der Waals surface area contributed by atoms with E-state index in [4.69, 9.17) is 4.42 Å². The van der Waals surface area contributed by atoms with Gasteiger partial charge in [-0.3, -0.25) is 4.79 Å². The van der Waals surface area contributed by atoms with E-state index in [1.165, 1.54) is 5.56 Å². The van der Waals surface area contributed by atoms with Crippen LogP contribution in [0, 0.1) is 20.8 Å². The van der Waals surface area contributed by atoms with Crippen molar-refractivity contribution >= 4 is 44.1 Å². The zero-order valence-corrected chi connectivity index (χ0v) is 17.8. The van der Waals surface area contributed by atoms with Crippen LogP contribution in [0.1, 0.15) is 27.2 Å². The van der Waals surface area contributed by atoms with Gasteiger partial charge in [0.15, 0.2) is 5.76 Å². The van der Waals surface area contributed by atoms with E-state index in [2.05, 4.69) is 29.4 Å². The molecule has 0 radical (unpaired) electrons. The number of nitrogens with zero attached hydrogens (tertiary/aromatic N) is 1. The van der Waals surface area contributed by atoms with Gasteiger partial charge in [0, 0.05) is 22.2 Å². The average Bonchev–Trinajstić information content (AvgIpc) is 3.31. The molecule has 148 valence electrons. The summed E-state index contributed by atoms with van der Waals surface area (Å²) < 4.78 is 7.04. The Labute approximate surface area is 178 Å². The first-order valence-electron chi connectivity index (χ1n) is 9.77. The van der Waals surface area contributed by atoms with Crippen LogP contribution in [-0.2, 0) is 0 Å². The maximum atomic E-state index is 12.8. The standard InChI is InChI=1S/C25H20N2O2S/c1-14-12-19-16(3)23(29-21(19)13-15(14)2)24(28)26-18-10-8-17(9-11-18)25-27-20-6-4-5-7-22(20)30-25/h4-13H,1-3H3,(H,26,28). The molecule has 0 aliphatic rings. The van der Waals surface area contributed by atoms with Crippen molar-refractivity contribution < 1.29 is 9.21 Å². The molecule has 0 fully saturated rings. The number of nitrogens with one attached hydrogen (secondary N) is 1. The summed E-state index contributed by atoms with van der Waals surface area (Å²) in [5.74, 6) is 0.108. The lowest BCUT2D eigenvalue weighted by Crippen LogP contribution is -2.11. The zero-order chi connectivity index (χ0) is 20.8. The Morgan fingerprint density at radius 2 is 1.70 bits per heavy atom. The molecule has 2 aromatic heterocycles. The van der Waals surface area contributed by atoms with Gasteiger partial charge in [-0.1, -0.05) is 12.1 Å². The van der Waals surface area contributed by atoms with Gasteiger partial charge >= 0.3 is 0 Å². The van der Waals surface area contributed by atoms with Crippen LogP contribution in [-0.4, -0.2) is 10.9 Å². The molecule has 0 unspecified atom stereocenters. The lowest BCUT2D eigenvalue weighted by molar-refractivity contribution is 0.0998. The normalized spacial score (nSPS) is 11.3. The number of carbonyl (C=O) groups excluding carboxylic acids is 1. The number of furan rings is 1. The van der Waals surface area contributed by atoms with Gasteiger partial charge in [-0.2, -0.15) is 0 Å². The first-order valence-corrected chi connectivity index (χ1v) is 10.6. The Kier molecular flexibility index (Phi) is 4.40. The van der Waals surface area contributed by atoms with Crippen molar-refractivity contribution in [1.29, 1.82) is 0 Å². The predicted molar refractivity (Wildman–Crippen MR) is 123 cm³/mol.